The van der Waals surface area contributed by atoms with Crippen LogP contribution in [0.5, 0.6) is 0 Å². The number of hydrogen-bond donors (Lipinski definition) is 0. The Morgan fingerprint density at radius 1 is 1.48 bits per heavy atom. The maximum Gasteiger partial charge on any atom is 0.359 e. The van der Waals surface area contributed by atoms with E-state index in [1.165, 1.54) is 0 Å². The monoisotopic (exact) mass is 300 g/mol. The van der Waals surface area contributed by atoms with Gasteiger partial charge >= 0.3 is 11.9 Å². The van der Waals surface area contributed by atoms with Crippen LogP contribution in [0.25, 0.3) is 0 Å². The van der Waals surface area contributed by atoms with Gasteiger partial charge in [0.05, 0.1) is 13.7 Å². The molecule has 3 rings (SSSR count). The Morgan fingerprint density at radius 3 is 2.81 bits per heavy atom. The zero-order valence-electron chi connectivity index (χ0n) is 11.6. The Morgan fingerprint density at radius 2 is 2.19 bits per heavy atom. The molecule has 1 saturated carbocycles. The van der Waals surface area contributed by atoms with Gasteiger partial charge in [-0.15, -0.1) is 0 Å². The Hall–Kier alpha value is -1.99. The van der Waals surface area contributed by atoms with Crippen molar-refractivity contribution in [2.45, 2.75) is 31.7 Å². The molecule has 0 saturated heterocycles. The third-order valence-electron chi connectivity index (χ3n) is 3.91. The molecule has 0 radical (unpaired) electrons. The van der Waals surface area contributed by atoms with Crippen LogP contribution in [0.4, 0.5) is 8.78 Å². The van der Waals surface area contributed by atoms with Gasteiger partial charge in [-0.1, -0.05) is 0 Å². The fraction of sp³-hybridized carbons (Fsp3) is 0.615. The number of esters is 2. The van der Waals surface area contributed by atoms with E-state index >= 15 is 0 Å². The molecule has 2 aliphatic carbocycles. The minimum Gasteiger partial charge on any atom is -0.468 e. The highest BCUT2D eigenvalue weighted by atomic mass is 19.3. The SMILES string of the molecule is CCOC(=O)c1nn(CC(=O)OC)c2c1C1CC1C2(F)F. The molecule has 0 spiro atoms. The molecule has 2 atom stereocenters. The smallest absolute Gasteiger partial charge is 0.359 e. The molecule has 1 aromatic rings. The van der Waals surface area contributed by atoms with E-state index in [0.29, 0.717) is 6.42 Å². The van der Waals surface area contributed by atoms with Crippen LogP contribution in [0.1, 0.15) is 41.0 Å². The van der Waals surface area contributed by atoms with Crippen LogP contribution in [0.15, 0.2) is 0 Å². The van der Waals surface area contributed by atoms with Gasteiger partial charge in [-0.3, -0.25) is 9.48 Å². The molecule has 6 nitrogen and oxygen atoms in total. The van der Waals surface area contributed by atoms with Crippen molar-refractivity contribution >= 4 is 11.9 Å². The predicted molar refractivity (Wildman–Crippen MR) is 64.9 cm³/mol. The standard InChI is InChI=1S/C13H14F2N2O4/c1-3-21-12(19)10-9-6-4-7(6)13(14,15)11(9)17(16-10)5-8(18)20-2/h6-7H,3-5H2,1-2H3. The van der Waals surface area contributed by atoms with E-state index in [2.05, 4.69) is 9.84 Å². The van der Waals surface area contributed by atoms with Gasteiger partial charge < -0.3 is 9.47 Å². The average Bonchev–Trinajstić information content (AvgIpc) is 3.09. The number of methoxy groups -OCH3 is 1. The summed E-state index contributed by atoms with van der Waals surface area (Å²) in [6, 6.07) is 0. The molecule has 1 heterocycles. The fourth-order valence-electron chi connectivity index (χ4n) is 2.92. The van der Waals surface area contributed by atoms with Crippen molar-refractivity contribution < 1.29 is 27.8 Å². The van der Waals surface area contributed by atoms with Crippen molar-refractivity contribution in [2.24, 2.45) is 5.92 Å². The van der Waals surface area contributed by atoms with Gasteiger partial charge in [-0.25, -0.2) is 4.79 Å². The highest BCUT2D eigenvalue weighted by Crippen LogP contribution is 2.67. The van der Waals surface area contributed by atoms with Crippen LogP contribution in [-0.2, 0) is 26.7 Å². The number of aromatic nitrogens is 2. The zero-order chi connectivity index (χ0) is 15.4. The molecular formula is C13H14F2N2O4. The van der Waals surface area contributed by atoms with Gasteiger partial charge in [0, 0.05) is 11.5 Å². The lowest BCUT2D eigenvalue weighted by atomic mass is 10.1. The lowest BCUT2D eigenvalue weighted by Crippen LogP contribution is -2.23. The summed E-state index contributed by atoms with van der Waals surface area (Å²) in [5, 5.41) is 3.87. The number of ether oxygens (including phenoxy) is 2. The normalized spacial score (nSPS) is 24.2. The number of rotatable bonds is 4. The molecule has 2 unspecified atom stereocenters. The quantitative estimate of drug-likeness (QED) is 0.787. The van der Waals surface area contributed by atoms with Crippen molar-refractivity contribution in [1.29, 1.82) is 0 Å². The van der Waals surface area contributed by atoms with Crippen LogP contribution in [0.3, 0.4) is 0 Å². The third-order valence-corrected chi connectivity index (χ3v) is 3.91. The Bertz CT molecular complexity index is 626. The van der Waals surface area contributed by atoms with Gasteiger partial charge in [-0.05, 0) is 19.3 Å². The van der Waals surface area contributed by atoms with Crippen LogP contribution in [0.2, 0.25) is 0 Å². The summed E-state index contributed by atoms with van der Waals surface area (Å²) in [5.41, 5.74) is -0.231. The predicted octanol–water partition coefficient (Wildman–Crippen LogP) is 1.44. The molecule has 8 heteroatoms. The van der Waals surface area contributed by atoms with Crippen molar-refractivity contribution in [1.82, 2.24) is 9.78 Å². The molecule has 21 heavy (non-hydrogen) atoms. The number of halogens is 2. The van der Waals surface area contributed by atoms with Gasteiger partial charge in [0.15, 0.2) is 5.69 Å². The molecular weight excluding hydrogens is 286 g/mol. The number of carbonyl (C=O) groups is 2. The van der Waals surface area contributed by atoms with E-state index in [9.17, 15) is 18.4 Å². The molecule has 0 amide bonds. The first-order valence-electron chi connectivity index (χ1n) is 6.64. The second-order valence-electron chi connectivity index (χ2n) is 5.14. The topological polar surface area (TPSA) is 70.4 Å². The highest BCUT2D eigenvalue weighted by Gasteiger charge is 2.67. The molecule has 1 aromatic heterocycles. The van der Waals surface area contributed by atoms with Crippen LogP contribution in [0, 0.1) is 5.92 Å². The van der Waals surface area contributed by atoms with Crippen molar-refractivity contribution in [2.75, 3.05) is 13.7 Å². The first-order valence-corrected chi connectivity index (χ1v) is 6.64. The summed E-state index contributed by atoms with van der Waals surface area (Å²) in [6.45, 7) is 1.30. The summed E-state index contributed by atoms with van der Waals surface area (Å²) < 4.78 is 38.8. The molecule has 0 bridgehead atoms. The van der Waals surface area contributed by atoms with E-state index < -0.39 is 30.3 Å². The van der Waals surface area contributed by atoms with Gasteiger partial charge in [-0.2, -0.15) is 13.9 Å². The van der Waals surface area contributed by atoms with Gasteiger partial charge in [0.25, 0.3) is 5.92 Å². The average molecular weight is 300 g/mol. The number of hydrogen-bond acceptors (Lipinski definition) is 5. The Balaban J connectivity index is 2.07. The van der Waals surface area contributed by atoms with E-state index in [-0.39, 0.29) is 29.5 Å². The van der Waals surface area contributed by atoms with Crippen LogP contribution in [-0.4, -0.2) is 35.4 Å². The molecule has 114 valence electrons. The lowest BCUT2D eigenvalue weighted by Gasteiger charge is -2.14. The first kappa shape index (κ1) is 14.0. The Kier molecular flexibility index (Phi) is 3.00. The summed E-state index contributed by atoms with van der Waals surface area (Å²) in [4.78, 5) is 23.2. The van der Waals surface area contributed by atoms with Gasteiger partial charge in [0.1, 0.15) is 12.2 Å². The third kappa shape index (κ3) is 1.92. The number of carbonyl (C=O) groups excluding carboxylic acids is 2. The molecule has 0 N–H and O–H groups in total. The minimum atomic E-state index is -3.08. The van der Waals surface area contributed by atoms with E-state index in [1.807, 2.05) is 0 Å². The minimum absolute atomic E-state index is 0.111. The van der Waals surface area contributed by atoms with E-state index in [4.69, 9.17) is 4.74 Å². The number of fused-ring (bicyclic) bond motifs is 3. The highest BCUT2D eigenvalue weighted by molar-refractivity contribution is 5.90. The lowest BCUT2D eigenvalue weighted by molar-refractivity contribution is -0.141. The fourth-order valence-corrected chi connectivity index (χ4v) is 2.92. The number of alkyl halides is 2. The maximum absolute atomic E-state index is 14.3. The van der Waals surface area contributed by atoms with E-state index in [1.54, 1.807) is 6.92 Å². The summed E-state index contributed by atoms with van der Waals surface area (Å²) in [7, 11) is 1.16. The largest absolute Gasteiger partial charge is 0.468 e. The Labute approximate surface area is 119 Å². The second kappa shape index (κ2) is 4.51. The molecule has 0 aliphatic heterocycles. The molecule has 2 aliphatic rings. The maximum atomic E-state index is 14.3. The summed E-state index contributed by atoms with van der Waals surface area (Å²) in [5.74, 6) is -5.69. The van der Waals surface area contributed by atoms with Crippen LogP contribution < -0.4 is 0 Å². The van der Waals surface area contributed by atoms with Crippen molar-refractivity contribution in [3.05, 3.63) is 17.0 Å². The second-order valence-corrected chi connectivity index (χ2v) is 5.14. The van der Waals surface area contributed by atoms with Gasteiger partial charge in [0.2, 0.25) is 0 Å². The zero-order valence-corrected chi connectivity index (χ0v) is 11.6. The van der Waals surface area contributed by atoms with E-state index in [0.717, 1.165) is 11.8 Å². The molecule has 0 aromatic carbocycles. The number of nitrogens with zero attached hydrogens (tertiary/aromatic N) is 2. The summed E-state index contributed by atoms with van der Waals surface area (Å²) in [6.07, 6.45) is 0.330. The summed E-state index contributed by atoms with van der Waals surface area (Å²) >= 11 is 0. The first-order chi connectivity index (χ1) is 9.91. The van der Waals surface area contributed by atoms with Crippen LogP contribution >= 0.6 is 0 Å². The molecule has 1 fully saturated rings. The van der Waals surface area contributed by atoms with Crippen molar-refractivity contribution in [3.63, 3.8) is 0 Å². The van der Waals surface area contributed by atoms with Crippen molar-refractivity contribution in [3.8, 4) is 0 Å².